The van der Waals surface area contributed by atoms with Crippen LogP contribution in [0.2, 0.25) is 0 Å². The molecule has 1 aliphatic heterocycles. The highest BCUT2D eigenvalue weighted by Crippen LogP contribution is 2.37. The van der Waals surface area contributed by atoms with Crippen molar-refractivity contribution in [1.82, 2.24) is 5.32 Å². The van der Waals surface area contributed by atoms with Crippen LogP contribution in [0.15, 0.2) is 0 Å². The molecule has 19 heavy (non-hydrogen) atoms. The number of terminal acetylenes is 1. The molecule has 0 aromatic carbocycles. The third kappa shape index (κ3) is 3.10. The van der Waals surface area contributed by atoms with Gasteiger partial charge in [-0.25, -0.2) is 0 Å². The summed E-state index contributed by atoms with van der Waals surface area (Å²) in [5.74, 6) is 2.83. The summed E-state index contributed by atoms with van der Waals surface area (Å²) in [6.45, 7) is 9.48. The minimum atomic E-state index is -1.13. The molecule has 1 saturated heterocycles. The molecule has 1 rings (SSSR count). The quantitative estimate of drug-likeness (QED) is 0.755. The maximum absolute atomic E-state index is 11.4. The van der Waals surface area contributed by atoms with E-state index >= 15 is 0 Å². The maximum Gasteiger partial charge on any atom is 0.218 e. The van der Waals surface area contributed by atoms with E-state index in [0.29, 0.717) is 12.3 Å². The smallest absolute Gasteiger partial charge is 0.218 e. The van der Waals surface area contributed by atoms with Crippen molar-refractivity contribution in [2.45, 2.75) is 64.9 Å². The van der Waals surface area contributed by atoms with Crippen molar-refractivity contribution >= 4 is 5.91 Å². The van der Waals surface area contributed by atoms with E-state index in [1.165, 1.54) is 6.92 Å². The number of hydrogen-bond donors (Lipinski definition) is 2. The Hall–Kier alpha value is -1.05. The van der Waals surface area contributed by atoms with Gasteiger partial charge in [0.2, 0.25) is 5.91 Å². The van der Waals surface area contributed by atoms with E-state index in [9.17, 15) is 9.90 Å². The first-order valence-electron chi connectivity index (χ1n) is 6.84. The van der Waals surface area contributed by atoms with Crippen molar-refractivity contribution in [2.24, 2.45) is 11.8 Å². The predicted octanol–water partition coefficient (Wildman–Crippen LogP) is 1.32. The number of rotatable bonds is 4. The molecule has 0 saturated carbocycles. The molecular weight excluding hydrogens is 242 g/mol. The van der Waals surface area contributed by atoms with Crippen LogP contribution in [0, 0.1) is 24.2 Å². The minimum absolute atomic E-state index is 0.106. The number of carbonyl (C=O) groups is 1. The van der Waals surface area contributed by atoms with Gasteiger partial charge in [0, 0.05) is 6.92 Å². The molecule has 2 N–H and O–H groups in total. The lowest BCUT2D eigenvalue weighted by Gasteiger charge is -2.34. The summed E-state index contributed by atoms with van der Waals surface area (Å²) in [5.41, 5.74) is -1.13. The number of ether oxygens (including phenoxy) is 1. The molecule has 1 amide bonds. The molecule has 4 nitrogen and oxygen atoms in total. The van der Waals surface area contributed by atoms with E-state index in [4.69, 9.17) is 11.2 Å². The molecule has 1 aliphatic rings. The molecule has 0 radical (unpaired) electrons. The lowest BCUT2D eigenvalue weighted by molar-refractivity contribution is -0.122. The first-order valence-corrected chi connectivity index (χ1v) is 6.84. The first-order chi connectivity index (χ1) is 8.74. The standard InChI is InChI=1S/C15H25NO3/c1-7-15(16-11(6)17)13(18)12(8-9(2)3)19-14(15)10(4)5/h1,9-10,12-14,18H,8H2,2-6H3,(H,16,17)/t12-,13-,14+,15-/m1/s1. The van der Waals surface area contributed by atoms with Crippen LogP contribution < -0.4 is 5.32 Å². The van der Waals surface area contributed by atoms with E-state index in [0.717, 1.165) is 0 Å². The second kappa shape index (κ2) is 5.94. The summed E-state index contributed by atoms with van der Waals surface area (Å²) in [6.07, 6.45) is 4.75. The number of nitrogens with one attached hydrogen (secondary N) is 1. The molecule has 0 aromatic heterocycles. The zero-order valence-electron chi connectivity index (χ0n) is 12.4. The molecule has 4 atom stereocenters. The molecule has 108 valence electrons. The minimum Gasteiger partial charge on any atom is -0.387 e. The molecule has 0 unspecified atom stereocenters. The molecule has 0 spiro atoms. The van der Waals surface area contributed by atoms with Gasteiger partial charge >= 0.3 is 0 Å². The third-order valence-corrected chi connectivity index (χ3v) is 3.52. The van der Waals surface area contributed by atoms with Gasteiger partial charge in [0.05, 0.1) is 12.2 Å². The summed E-state index contributed by atoms with van der Waals surface area (Å²) in [6, 6.07) is 0. The third-order valence-electron chi connectivity index (χ3n) is 3.52. The van der Waals surface area contributed by atoms with Crippen LogP contribution in [0.1, 0.15) is 41.0 Å². The maximum atomic E-state index is 11.4. The Kier molecular flexibility index (Phi) is 5.00. The first kappa shape index (κ1) is 16.0. The summed E-state index contributed by atoms with van der Waals surface area (Å²) in [5, 5.41) is 13.3. The van der Waals surface area contributed by atoms with Crippen LogP contribution >= 0.6 is 0 Å². The average Bonchev–Trinajstić information content (AvgIpc) is 2.53. The van der Waals surface area contributed by atoms with Gasteiger partial charge in [-0.2, -0.15) is 0 Å². The molecule has 4 heteroatoms. The van der Waals surface area contributed by atoms with Gasteiger partial charge in [0.25, 0.3) is 0 Å². The van der Waals surface area contributed by atoms with E-state index in [2.05, 4.69) is 25.1 Å². The van der Waals surface area contributed by atoms with Gasteiger partial charge in [-0.15, -0.1) is 6.42 Å². The van der Waals surface area contributed by atoms with Crippen molar-refractivity contribution < 1.29 is 14.6 Å². The van der Waals surface area contributed by atoms with Crippen molar-refractivity contribution in [3.63, 3.8) is 0 Å². The Bertz CT molecular complexity index is 372. The highest BCUT2D eigenvalue weighted by Gasteiger charge is 2.56. The monoisotopic (exact) mass is 267 g/mol. The predicted molar refractivity (Wildman–Crippen MR) is 74.3 cm³/mol. The van der Waals surface area contributed by atoms with Crippen molar-refractivity contribution in [1.29, 1.82) is 0 Å². The summed E-state index contributed by atoms with van der Waals surface area (Å²) < 4.78 is 5.95. The van der Waals surface area contributed by atoms with Gasteiger partial charge in [-0.3, -0.25) is 4.79 Å². The van der Waals surface area contributed by atoms with Crippen LogP contribution in [0.25, 0.3) is 0 Å². The fourth-order valence-corrected chi connectivity index (χ4v) is 2.80. The Morgan fingerprint density at radius 1 is 1.47 bits per heavy atom. The largest absolute Gasteiger partial charge is 0.387 e. The normalized spacial score (nSPS) is 34.6. The molecular formula is C15H25NO3. The highest BCUT2D eigenvalue weighted by molar-refractivity contribution is 5.75. The van der Waals surface area contributed by atoms with Crippen LogP contribution in [-0.2, 0) is 9.53 Å². The Morgan fingerprint density at radius 2 is 2.05 bits per heavy atom. The molecule has 0 bridgehead atoms. The number of aliphatic hydroxyl groups is 1. The van der Waals surface area contributed by atoms with Crippen molar-refractivity contribution in [3.8, 4) is 12.3 Å². The van der Waals surface area contributed by atoms with Crippen LogP contribution in [0.4, 0.5) is 0 Å². The second-order valence-electron chi connectivity index (χ2n) is 6.11. The van der Waals surface area contributed by atoms with Crippen LogP contribution in [-0.4, -0.2) is 34.9 Å². The number of hydrogen-bond acceptors (Lipinski definition) is 3. The fourth-order valence-electron chi connectivity index (χ4n) is 2.80. The van der Waals surface area contributed by atoms with Gasteiger partial charge in [-0.1, -0.05) is 33.6 Å². The fraction of sp³-hybridized carbons (Fsp3) is 0.800. The molecule has 1 heterocycles. The summed E-state index contributed by atoms with van der Waals surface area (Å²) >= 11 is 0. The topological polar surface area (TPSA) is 58.6 Å². The number of carbonyl (C=O) groups excluding carboxylic acids is 1. The molecule has 1 fully saturated rings. The van der Waals surface area contributed by atoms with Crippen LogP contribution in [0.3, 0.4) is 0 Å². The lowest BCUT2D eigenvalue weighted by Crippen LogP contribution is -2.61. The highest BCUT2D eigenvalue weighted by atomic mass is 16.5. The van der Waals surface area contributed by atoms with E-state index in [1.807, 2.05) is 13.8 Å². The SMILES string of the molecule is C#C[C@@]1(NC(C)=O)[C@H](O)[C@@H](CC(C)C)O[C@H]1C(C)C. The Balaban J connectivity index is 3.09. The Labute approximate surface area is 115 Å². The molecule has 0 aliphatic carbocycles. The van der Waals surface area contributed by atoms with E-state index < -0.39 is 11.6 Å². The van der Waals surface area contributed by atoms with Crippen molar-refractivity contribution in [3.05, 3.63) is 0 Å². The van der Waals surface area contributed by atoms with Gasteiger partial charge in [0.1, 0.15) is 6.10 Å². The van der Waals surface area contributed by atoms with E-state index in [1.54, 1.807) is 0 Å². The number of amides is 1. The number of aliphatic hydroxyl groups excluding tert-OH is 1. The van der Waals surface area contributed by atoms with Gasteiger partial charge < -0.3 is 15.2 Å². The average molecular weight is 267 g/mol. The van der Waals surface area contributed by atoms with Gasteiger partial charge in [-0.05, 0) is 18.3 Å². The zero-order valence-corrected chi connectivity index (χ0v) is 12.4. The lowest BCUT2D eigenvalue weighted by atomic mass is 9.81. The van der Waals surface area contributed by atoms with E-state index in [-0.39, 0.29) is 24.0 Å². The van der Waals surface area contributed by atoms with Gasteiger partial charge in [0.15, 0.2) is 5.54 Å². The second-order valence-corrected chi connectivity index (χ2v) is 6.11. The molecule has 0 aromatic rings. The Morgan fingerprint density at radius 3 is 2.42 bits per heavy atom. The van der Waals surface area contributed by atoms with Crippen LogP contribution in [0.5, 0.6) is 0 Å². The zero-order chi connectivity index (χ0) is 14.8. The summed E-state index contributed by atoms with van der Waals surface area (Å²) in [7, 11) is 0. The van der Waals surface area contributed by atoms with Crippen molar-refractivity contribution in [2.75, 3.05) is 0 Å². The summed E-state index contributed by atoms with van der Waals surface area (Å²) in [4.78, 5) is 11.4.